The molecule has 0 aromatic heterocycles. The van der Waals surface area contributed by atoms with Crippen molar-refractivity contribution in [1.29, 1.82) is 0 Å². The summed E-state index contributed by atoms with van der Waals surface area (Å²) in [6.07, 6.45) is 0. The minimum atomic E-state index is -3.52. The van der Waals surface area contributed by atoms with Gasteiger partial charge in [-0.3, -0.25) is 10.0 Å². The fourth-order valence-electron chi connectivity index (χ4n) is 1.75. The van der Waals surface area contributed by atoms with Crippen LogP contribution in [0.4, 0.5) is 0 Å². The second-order valence-corrected chi connectivity index (χ2v) is 6.25. The van der Waals surface area contributed by atoms with Crippen LogP contribution >= 0.6 is 0 Å². The number of hydrogen-bond donors (Lipinski definition) is 2. The maximum Gasteiger partial charge on any atom is 0.249 e. The summed E-state index contributed by atoms with van der Waals surface area (Å²) in [5.74, 6) is -1.03. The number of nitrogens with zero attached hydrogens (tertiary/aromatic N) is 1. The smallest absolute Gasteiger partial charge is 0.249 e. The van der Waals surface area contributed by atoms with Gasteiger partial charge in [-0.05, 0) is 19.1 Å². The summed E-state index contributed by atoms with van der Waals surface area (Å²) in [4.78, 5) is 11.3. The quantitative estimate of drug-likeness (QED) is 0.603. The SMILES string of the molecule is Cc1ccc(S(=O)(=O)N2CC(C(=O)NO)C2)cc1. The molecule has 0 atom stereocenters. The van der Waals surface area contributed by atoms with E-state index in [-0.39, 0.29) is 18.0 Å². The van der Waals surface area contributed by atoms with Crippen LogP contribution in [-0.2, 0) is 14.8 Å². The molecule has 0 unspecified atom stereocenters. The van der Waals surface area contributed by atoms with Crippen LogP contribution in [0.2, 0.25) is 0 Å². The molecule has 7 heteroatoms. The summed E-state index contributed by atoms with van der Waals surface area (Å²) in [5, 5.41) is 8.44. The van der Waals surface area contributed by atoms with Gasteiger partial charge in [0.25, 0.3) is 0 Å². The van der Waals surface area contributed by atoms with Crippen LogP contribution in [0, 0.1) is 12.8 Å². The number of sulfonamides is 1. The largest absolute Gasteiger partial charge is 0.289 e. The standard InChI is InChI=1S/C11H14N2O4S/c1-8-2-4-10(5-3-8)18(16,17)13-6-9(7-13)11(14)12-15/h2-5,9,15H,6-7H2,1H3,(H,12,14). The lowest BCUT2D eigenvalue weighted by Gasteiger charge is -2.36. The van der Waals surface area contributed by atoms with Crippen LogP contribution in [0.1, 0.15) is 5.56 Å². The Morgan fingerprint density at radius 3 is 2.39 bits per heavy atom. The number of hydroxylamine groups is 1. The molecular formula is C11H14N2O4S. The third-order valence-electron chi connectivity index (χ3n) is 2.99. The third-order valence-corrected chi connectivity index (χ3v) is 4.83. The predicted octanol–water partition coefficient (Wildman–Crippen LogP) is 0.121. The summed E-state index contributed by atoms with van der Waals surface area (Å²) < 4.78 is 25.4. The van der Waals surface area contributed by atoms with Crippen LogP contribution in [0.3, 0.4) is 0 Å². The number of nitrogens with one attached hydrogen (secondary N) is 1. The monoisotopic (exact) mass is 270 g/mol. The molecule has 1 fully saturated rings. The van der Waals surface area contributed by atoms with Crippen molar-refractivity contribution < 1.29 is 18.4 Å². The summed E-state index contributed by atoms with van der Waals surface area (Å²) in [6.45, 7) is 2.08. The number of carbonyl (C=O) groups excluding carboxylic acids is 1. The van der Waals surface area contributed by atoms with Gasteiger partial charge in [-0.15, -0.1) is 0 Å². The number of hydrogen-bond acceptors (Lipinski definition) is 4. The van der Waals surface area contributed by atoms with Crippen molar-refractivity contribution in [3.8, 4) is 0 Å². The number of aryl methyl sites for hydroxylation is 1. The molecule has 1 heterocycles. The highest BCUT2D eigenvalue weighted by atomic mass is 32.2. The minimum Gasteiger partial charge on any atom is -0.289 e. The van der Waals surface area contributed by atoms with Gasteiger partial charge < -0.3 is 0 Å². The van der Waals surface area contributed by atoms with E-state index in [1.54, 1.807) is 24.3 Å². The maximum absolute atomic E-state index is 12.1. The zero-order chi connectivity index (χ0) is 13.3. The van der Waals surface area contributed by atoms with Crippen molar-refractivity contribution in [2.45, 2.75) is 11.8 Å². The van der Waals surface area contributed by atoms with Crippen molar-refractivity contribution >= 4 is 15.9 Å². The van der Waals surface area contributed by atoms with E-state index >= 15 is 0 Å². The van der Waals surface area contributed by atoms with E-state index in [0.29, 0.717) is 0 Å². The number of benzene rings is 1. The first-order valence-electron chi connectivity index (χ1n) is 5.46. The van der Waals surface area contributed by atoms with Gasteiger partial charge in [-0.1, -0.05) is 17.7 Å². The van der Waals surface area contributed by atoms with Crippen molar-refractivity contribution in [2.75, 3.05) is 13.1 Å². The van der Waals surface area contributed by atoms with E-state index in [9.17, 15) is 13.2 Å². The molecule has 1 aliphatic rings. The molecule has 98 valence electrons. The molecule has 0 bridgehead atoms. The van der Waals surface area contributed by atoms with Gasteiger partial charge in [0.05, 0.1) is 10.8 Å². The molecule has 0 spiro atoms. The number of rotatable bonds is 3. The van der Waals surface area contributed by atoms with E-state index in [1.807, 2.05) is 6.92 Å². The highest BCUT2D eigenvalue weighted by Gasteiger charge is 2.40. The lowest BCUT2D eigenvalue weighted by Crippen LogP contribution is -2.55. The third kappa shape index (κ3) is 2.24. The average molecular weight is 270 g/mol. The van der Waals surface area contributed by atoms with Gasteiger partial charge in [0.1, 0.15) is 0 Å². The number of amides is 1. The molecule has 6 nitrogen and oxygen atoms in total. The fourth-order valence-corrected chi connectivity index (χ4v) is 3.28. The molecular weight excluding hydrogens is 256 g/mol. The number of carbonyl (C=O) groups is 1. The topological polar surface area (TPSA) is 86.7 Å². The van der Waals surface area contributed by atoms with E-state index in [0.717, 1.165) is 5.56 Å². The van der Waals surface area contributed by atoms with E-state index < -0.39 is 21.8 Å². The molecule has 2 rings (SSSR count). The highest BCUT2D eigenvalue weighted by molar-refractivity contribution is 7.89. The molecule has 0 radical (unpaired) electrons. The molecule has 1 aromatic rings. The molecule has 0 saturated carbocycles. The molecule has 2 N–H and O–H groups in total. The molecule has 1 aromatic carbocycles. The first-order valence-corrected chi connectivity index (χ1v) is 6.90. The first kappa shape index (κ1) is 13.0. The molecule has 1 saturated heterocycles. The Labute approximate surface area is 105 Å². The van der Waals surface area contributed by atoms with Crippen LogP contribution in [-0.4, -0.2) is 36.9 Å². The molecule has 1 amide bonds. The van der Waals surface area contributed by atoms with Crippen LogP contribution in [0.5, 0.6) is 0 Å². The Kier molecular flexibility index (Phi) is 3.38. The van der Waals surface area contributed by atoms with Crippen molar-refractivity contribution in [3.05, 3.63) is 29.8 Å². The summed E-state index contributed by atoms with van der Waals surface area (Å²) in [5.41, 5.74) is 2.51. The first-order chi connectivity index (χ1) is 8.45. The average Bonchev–Trinajstić information content (AvgIpc) is 2.27. The van der Waals surface area contributed by atoms with Gasteiger partial charge in [-0.2, -0.15) is 4.31 Å². The lowest BCUT2D eigenvalue weighted by molar-refractivity contribution is -0.136. The van der Waals surface area contributed by atoms with Gasteiger partial charge in [0.15, 0.2) is 0 Å². The van der Waals surface area contributed by atoms with E-state index in [1.165, 1.54) is 9.79 Å². The predicted molar refractivity (Wildman–Crippen MR) is 63.4 cm³/mol. The van der Waals surface area contributed by atoms with Crippen molar-refractivity contribution in [2.24, 2.45) is 5.92 Å². The Balaban J connectivity index is 2.10. The molecule has 0 aliphatic carbocycles. The zero-order valence-corrected chi connectivity index (χ0v) is 10.6. The van der Waals surface area contributed by atoms with Crippen molar-refractivity contribution in [1.82, 2.24) is 9.79 Å². The van der Waals surface area contributed by atoms with Gasteiger partial charge in [-0.25, -0.2) is 13.9 Å². The normalized spacial score (nSPS) is 17.2. The molecule has 1 aliphatic heterocycles. The Bertz CT molecular complexity index is 547. The Hall–Kier alpha value is -1.44. The lowest BCUT2D eigenvalue weighted by atomic mass is 10.0. The second-order valence-electron chi connectivity index (χ2n) is 4.31. The fraction of sp³-hybridized carbons (Fsp3) is 0.364. The van der Waals surface area contributed by atoms with Crippen molar-refractivity contribution in [3.63, 3.8) is 0 Å². The van der Waals surface area contributed by atoms with Crippen LogP contribution < -0.4 is 5.48 Å². The van der Waals surface area contributed by atoms with Gasteiger partial charge in [0.2, 0.25) is 15.9 Å². The van der Waals surface area contributed by atoms with E-state index in [4.69, 9.17) is 5.21 Å². The second kappa shape index (κ2) is 4.68. The summed E-state index contributed by atoms with van der Waals surface area (Å²) in [6, 6.07) is 6.55. The summed E-state index contributed by atoms with van der Waals surface area (Å²) >= 11 is 0. The Morgan fingerprint density at radius 1 is 1.33 bits per heavy atom. The Morgan fingerprint density at radius 2 is 1.89 bits per heavy atom. The minimum absolute atomic E-state index is 0.0998. The van der Waals surface area contributed by atoms with Crippen LogP contribution in [0.15, 0.2) is 29.2 Å². The molecule has 18 heavy (non-hydrogen) atoms. The zero-order valence-electron chi connectivity index (χ0n) is 9.83. The summed E-state index contributed by atoms with van der Waals surface area (Å²) in [7, 11) is -3.52. The maximum atomic E-state index is 12.1. The van der Waals surface area contributed by atoms with Gasteiger partial charge >= 0.3 is 0 Å². The van der Waals surface area contributed by atoms with Crippen LogP contribution in [0.25, 0.3) is 0 Å². The van der Waals surface area contributed by atoms with Gasteiger partial charge in [0, 0.05) is 13.1 Å². The highest BCUT2D eigenvalue weighted by Crippen LogP contribution is 2.25. The van der Waals surface area contributed by atoms with E-state index in [2.05, 4.69) is 0 Å².